The van der Waals surface area contributed by atoms with Crippen LogP contribution in [-0.4, -0.2) is 41.6 Å². The Labute approximate surface area is 108 Å². The van der Waals surface area contributed by atoms with Gasteiger partial charge >= 0.3 is 0 Å². The van der Waals surface area contributed by atoms with E-state index in [0.717, 1.165) is 25.7 Å². The van der Waals surface area contributed by atoms with Crippen LogP contribution in [0.3, 0.4) is 0 Å². The monoisotopic (exact) mass is 272 g/mol. The van der Waals surface area contributed by atoms with Crippen LogP contribution in [0.5, 0.6) is 0 Å². The molecule has 1 saturated carbocycles. The van der Waals surface area contributed by atoms with Gasteiger partial charge in [-0.3, -0.25) is 4.68 Å². The van der Waals surface area contributed by atoms with Gasteiger partial charge in [0.05, 0.1) is 6.20 Å². The topological polar surface area (TPSA) is 81.2 Å². The first-order valence-electron chi connectivity index (χ1n) is 6.11. The molecule has 0 spiro atoms. The van der Waals surface area contributed by atoms with Gasteiger partial charge < -0.3 is 5.73 Å². The number of aryl methyl sites for hydroxylation is 1. The molecule has 0 aliphatic heterocycles. The van der Waals surface area contributed by atoms with Gasteiger partial charge in [-0.15, -0.1) is 0 Å². The van der Waals surface area contributed by atoms with Gasteiger partial charge in [0, 0.05) is 26.2 Å². The maximum atomic E-state index is 12.6. The van der Waals surface area contributed by atoms with Crippen LogP contribution in [0.15, 0.2) is 17.3 Å². The van der Waals surface area contributed by atoms with Crippen LogP contribution in [0.2, 0.25) is 0 Å². The molecule has 1 aromatic rings. The molecule has 7 heteroatoms. The lowest BCUT2D eigenvalue weighted by Crippen LogP contribution is -2.52. The van der Waals surface area contributed by atoms with Crippen molar-refractivity contribution < 1.29 is 8.42 Å². The average Bonchev–Trinajstić information content (AvgIpc) is 2.97. The first-order chi connectivity index (χ1) is 8.44. The Hall–Kier alpha value is -0.920. The number of hydrogen-bond donors (Lipinski definition) is 1. The van der Waals surface area contributed by atoms with Crippen LogP contribution in [0.1, 0.15) is 25.7 Å². The number of hydrogen-bond acceptors (Lipinski definition) is 4. The first kappa shape index (κ1) is 13.5. The van der Waals surface area contributed by atoms with E-state index in [1.165, 1.54) is 21.3 Å². The minimum Gasteiger partial charge on any atom is -0.329 e. The minimum atomic E-state index is -3.53. The molecule has 1 aliphatic carbocycles. The number of rotatable bonds is 4. The summed E-state index contributed by atoms with van der Waals surface area (Å²) in [5.41, 5.74) is 5.40. The molecule has 2 N–H and O–H groups in total. The highest BCUT2D eigenvalue weighted by atomic mass is 32.2. The Bertz CT molecular complexity index is 517. The normalized spacial score (nSPS) is 19.6. The number of nitrogens with two attached hydrogens (primary N) is 1. The van der Waals surface area contributed by atoms with Crippen molar-refractivity contribution in [1.82, 2.24) is 14.1 Å². The lowest BCUT2D eigenvalue weighted by Gasteiger charge is -2.36. The van der Waals surface area contributed by atoms with Crippen molar-refractivity contribution in [1.29, 1.82) is 0 Å². The third-order valence-electron chi connectivity index (χ3n) is 3.98. The fourth-order valence-corrected chi connectivity index (χ4v) is 4.35. The third kappa shape index (κ3) is 1.96. The van der Waals surface area contributed by atoms with Crippen molar-refractivity contribution in [3.63, 3.8) is 0 Å². The van der Waals surface area contributed by atoms with E-state index in [1.807, 2.05) is 0 Å². The summed E-state index contributed by atoms with van der Waals surface area (Å²) in [6, 6.07) is 1.52. The Morgan fingerprint density at radius 1 is 1.50 bits per heavy atom. The minimum absolute atomic E-state index is 0.213. The van der Waals surface area contributed by atoms with E-state index in [2.05, 4.69) is 5.10 Å². The fourth-order valence-electron chi connectivity index (χ4n) is 2.69. The highest BCUT2D eigenvalue weighted by molar-refractivity contribution is 7.89. The summed E-state index contributed by atoms with van der Waals surface area (Å²) in [6.07, 6.45) is 5.21. The van der Waals surface area contributed by atoms with E-state index in [9.17, 15) is 8.42 Å². The Kier molecular flexibility index (Phi) is 3.48. The predicted octanol–water partition coefficient (Wildman–Crippen LogP) is 0.312. The molecule has 1 heterocycles. The zero-order valence-corrected chi connectivity index (χ0v) is 11.7. The Morgan fingerprint density at radius 2 is 2.11 bits per heavy atom. The molecule has 0 saturated heterocycles. The number of sulfonamides is 1. The third-order valence-corrected chi connectivity index (χ3v) is 6.02. The molecule has 0 unspecified atom stereocenters. The van der Waals surface area contributed by atoms with E-state index in [1.54, 1.807) is 14.1 Å². The van der Waals surface area contributed by atoms with Gasteiger partial charge in [0.1, 0.15) is 0 Å². The molecule has 1 aromatic heterocycles. The lowest BCUT2D eigenvalue weighted by molar-refractivity contribution is 0.229. The van der Waals surface area contributed by atoms with Gasteiger partial charge in [-0.25, -0.2) is 8.42 Å². The van der Waals surface area contributed by atoms with Crippen molar-refractivity contribution in [2.45, 2.75) is 36.2 Å². The van der Waals surface area contributed by atoms with Crippen molar-refractivity contribution in [2.24, 2.45) is 12.8 Å². The molecule has 1 aliphatic rings. The Balaban J connectivity index is 2.39. The molecule has 2 rings (SSSR count). The average molecular weight is 272 g/mol. The molecule has 0 bridgehead atoms. The molecule has 1 fully saturated rings. The summed E-state index contributed by atoms with van der Waals surface area (Å²) >= 11 is 0. The van der Waals surface area contributed by atoms with E-state index < -0.39 is 15.6 Å². The molecule has 0 atom stereocenters. The van der Waals surface area contributed by atoms with Crippen LogP contribution in [0.4, 0.5) is 0 Å². The smallest absolute Gasteiger partial charge is 0.260 e. The predicted molar refractivity (Wildman–Crippen MR) is 68.4 cm³/mol. The van der Waals surface area contributed by atoms with Crippen molar-refractivity contribution in [3.8, 4) is 0 Å². The van der Waals surface area contributed by atoms with Gasteiger partial charge in [0.2, 0.25) is 0 Å². The van der Waals surface area contributed by atoms with Gasteiger partial charge in [-0.1, -0.05) is 12.8 Å². The molecule has 0 amide bonds. The van der Waals surface area contributed by atoms with Crippen LogP contribution in [-0.2, 0) is 17.1 Å². The standard InChI is InChI=1S/C11H20N4O2S/c1-14-10(5-8-13-14)18(16,17)15(2)11(9-12)6-3-4-7-11/h5,8H,3-4,6-7,9,12H2,1-2H3. The van der Waals surface area contributed by atoms with Gasteiger partial charge in [-0.2, -0.15) is 9.40 Å². The summed E-state index contributed by atoms with van der Waals surface area (Å²) in [6.45, 7) is 0.362. The quantitative estimate of drug-likeness (QED) is 0.855. The van der Waals surface area contributed by atoms with E-state index in [0.29, 0.717) is 6.54 Å². The molecule has 0 aromatic carbocycles. The zero-order valence-electron chi connectivity index (χ0n) is 10.8. The fraction of sp³-hybridized carbons (Fsp3) is 0.727. The highest BCUT2D eigenvalue weighted by Crippen LogP contribution is 2.36. The first-order valence-corrected chi connectivity index (χ1v) is 7.55. The van der Waals surface area contributed by atoms with E-state index >= 15 is 0 Å². The summed E-state index contributed by atoms with van der Waals surface area (Å²) in [5, 5.41) is 4.13. The molecule has 102 valence electrons. The maximum absolute atomic E-state index is 12.6. The number of nitrogens with zero attached hydrogens (tertiary/aromatic N) is 3. The van der Waals surface area contributed by atoms with E-state index in [-0.39, 0.29) is 5.03 Å². The van der Waals surface area contributed by atoms with E-state index in [4.69, 9.17) is 5.73 Å². The SMILES string of the molecule is CN(C1(CN)CCCC1)S(=O)(=O)c1ccnn1C. The summed E-state index contributed by atoms with van der Waals surface area (Å²) in [4.78, 5) is 0. The maximum Gasteiger partial charge on any atom is 0.260 e. The van der Waals surface area contributed by atoms with Crippen molar-refractivity contribution in [2.75, 3.05) is 13.6 Å². The largest absolute Gasteiger partial charge is 0.329 e. The second-order valence-electron chi connectivity index (χ2n) is 4.90. The number of likely N-dealkylation sites (N-methyl/N-ethyl adjacent to an activating group) is 1. The molecular formula is C11H20N4O2S. The van der Waals surface area contributed by atoms with Crippen molar-refractivity contribution >= 4 is 10.0 Å². The zero-order chi connectivity index (χ0) is 13.4. The van der Waals surface area contributed by atoms with Gasteiger partial charge in [0.15, 0.2) is 5.03 Å². The molecule has 0 radical (unpaired) electrons. The van der Waals surface area contributed by atoms with Crippen LogP contribution >= 0.6 is 0 Å². The van der Waals surface area contributed by atoms with Crippen LogP contribution in [0, 0.1) is 0 Å². The van der Waals surface area contributed by atoms with Crippen LogP contribution in [0.25, 0.3) is 0 Å². The lowest BCUT2D eigenvalue weighted by atomic mass is 9.98. The van der Waals surface area contributed by atoms with Crippen LogP contribution < -0.4 is 5.73 Å². The number of aromatic nitrogens is 2. The van der Waals surface area contributed by atoms with Gasteiger partial charge in [-0.05, 0) is 18.9 Å². The molecule has 6 nitrogen and oxygen atoms in total. The summed E-state index contributed by atoms with van der Waals surface area (Å²) < 4.78 is 28.0. The summed E-state index contributed by atoms with van der Waals surface area (Å²) in [5.74, 6) is 0. The highest BCUT2D eigenvalue weighted by Gasteiger charge is 2.43. The molecule has 18 heavy (non-hydrogen) atoms. The molecular weight excluding hydrogens is 252 g/mol. The van der Waals surface area contributed by atoms with Gasteiger partial charge in [0.25, 0.3) is 10.0 Å². The second-order valence-corrected chi connectivity index (χ2v) is 6.82. The Morgan fingerprint density at radius 3 is 2.56 bits per heavy atom. The van der Waals surface area contributed by atoms with Crippen molar-refractivity contribution in [3.05, 3.63) is 12.3 Å². The summed E-state index contributed by atoms with van der Waals surface area (Å²) in [7, 11) is -0.272. The second kappa shape index (κ2) is 4.64.